The smallest absolute Gasteiger partial charge is 0.197 e. The maximum Gasteiger partial charge on any atom is 0.197 e. The average Bonchev–Trinajstić information content (AvgIpc) is 3.51. The number of fused-ring (bicyclic) bond motifs is 2. The molecule has 0 bridgehead atoms. The van der Waals surface area contributed by atoms with Crippen LogP contribution in [0.4, 0.5) is 0 Å². The van der Waals surface area contributed by atoms with Crippen LogP contribution in [-0.4, -0.2) is 21.1 Å². The molecule has 0 radical (unpaired) electrons. The number of rotatable bonds is 4. The molecule has 0 N–H and O–H groups in total. The van der Waals surface area contributed by atoms with Gasteiger partial charge in [0.15, 0.2) is 11.6 Å². The monoisotopic (exact) mass is 508 g/mol. The molecule has 0 unspecified atom stereocenters. The second-order valence-electron chi connectivity index (χ2n) is 8.84. The molecule has 6 heteroatoms. The molecular formula is C30H21ClN2O2S. The topological polar surface area (TPSA) is 52.0 Å². The number of ketones is 2. The summed E-state index contributed by atoms with van der Waals surface area (Å²) in [5, 5.41) is 0.522. The van der Waals surface area contributed by atoms with Crippen LogP contribution in [0.5, 0.6) is 0 Å². The maximum absolute atomic E-state index is 13.0. The summed E-state index contributed by atoms with van der Waals surface area (Å²) in [4.78, 5) is 32.6. The Hall–Kier alpha value is -3.80. The average molecular weight is 509 g/mol. The van der Waals surface area contributed by atoms with E-state index in [4.69, 9.17) is 16.6 Å². The Kier molecular flexibility index (Phi) is 5.47. The summed E-state index contributed by atoms with van der Waals surface area (Å²) in [5.41, 5.74) is 6.19. The van der Waals surface area contributed by atoms with E-state index in [1.54, 1.807) is 18.2 Å². The van der Waals surface area contributed by atoms with Crippen molar-refractivity contribution in [2.24, 2.45) is 7.05 Å². The third kappa shape index (κ3) is 3.63. The van der Waals surface area contributed by atoms with Gasteiger partial charge in [0.2, 0.25) is 0 Å². The lowest BCUT2D eigenvalue weighted by Gasteiger charge is -2.05. The minimum atomic E-state index is -0.274. The number of hydrogen-bond acceptors (Lipinski definition) is 4. The van der Waals surface area contributed by atoms with E-state index in [9.17, 15) is 9.59 Å². The third-order valence-corrected chi connectivity index (χ3v) is 8.00. The van der Waals surface area contributed by atoms with E-state index in [1.807, 2.05) is 42.8 Å². The Morgan fingerprint density at radius 2 is 1.53 bits per heavy atom. The van der Waals surface area contributed by atoms with Crippen LogP contribution >= 0.6 is 22.9 Å². The molecule has 176 valence electrons. The van der Waals surface area contributed by atoms with Gasteiger partial charge in [-0.3, -0.25) is 9.59 Å². The zero-order valence-electron chi connectivity index (χ0n) is 19.7. The van der Waals surface area contributed by atoms with Gasteiger partial charge in [-0.15, -0.1) is 11.3 Å². The number of Topliss-reactive ketones (excluding diaryl/α,β-unsaturated/α-hetero) is 2. The number of carbonyl (C=O) groups excluding carboxylic acids is 2. The van der Waals surface area contributed by atoms with Crippen LogP contribution in [0.25, 0.3) is 38.9 Å². The van der Waals surface area contributed by atoms with Gasteiger partial charge in [0.25, 0.3) is 0 Å². The molecule has 3 aromatic carbocycles. The fourth-order valence-electron chi connectivity index (χ4n) is 4.70. The molecule has 0 amide bonds. The lowest BCUT2D eigenvalue weighted by Crippen LogP contribution is -1.99. The van der Waals surface area contributed by atoms with E-state index >= 15 is 0 Å². The number of hydrogen-bond donors (Lipinski definition) is 0. The number of allylic oxidation sites excluding steroid dienone is 1. The summed E-state index contributed by atoms with van der Waals surface area (Å²) < 4.78 is 2.05. The minimum absolute atomic E-state index is 0.178. The van der Waals surface area contributed by atoms with E-state index in [0.717, 1.165) is 37.7 Å². The first-order valence-corrected chi connectivity index (χ1v) is 12.9. The van der Waals surface area contributed by atoms with Crippen molar-refractivity contribution in [1.29, 1.82) is 0 Å². The van der Waals surface area contributed by atoms with Gasteiger partial charge in [-0.1, -0.05) is 73.1 Å². The van der Waals surface area contributed by atoms with Crippen molar-refractivity contribution in [3.8, 4) is 22.5 Å². The number of aryl methyl sites for hydroxylation is 2. The van der Waals surface area contributed by atoms with Gasteiger partial charge >= 0.3 is 0 Å². The van der Waals surface area contributed by atoms with Crippen LogP contribution in [0.3, 0.4) is 0 Å². The molecule has 0 fully saturated rings. The summed E-state index contributed by atoms with van der Waals surface area (Å²) in [6.07, 6.45) is 2.39. The summed E-state index contributed by atoms with van der Waals surface area (Å²) in [7, 11) is 1.98. The molecule has 2 heterocycles. The molecule has 0 aliphatic heterocycles. The molecule has 4 nitrogen and oxygen atoms in total. The number of carbonyl (C=O) groups is 2. The summed E-state index contributed by atoms with van der Waals surface area (Å²) >= 11 is 7.77. The van der Waals surface area contributed by atoms with Crippen LogP contribution in [0, 0.1) is 0 Å². The number of imidazole rings is 1. The Labute approximate surface area is 217 Å². The number of benzene rings is 3. The molecule has 36 heavy (non-hydrogen) atoms. The Morgan fingerprint density at radius 1 is 0.889 bits per heavy atom. The van der Waals surface area contributed by atoms with Gasteiger partial charge in [0.1, 0.15) is 10.7 Å². The summed E-state index contributed by atoms with van der Waals surface area (Å²) in [5.74, 6) is 0.354. The van der Waals surface area contributed by atoms with E-state index in [0.29, 0.717) is 22.6 Å². The highest BCUT2D eigenvalue weighted by atomic mass is 35.5. The number of thiophene rings is 1. The van der Waals surface area contributed by atoms with Crippen LogP contribution in [0.15, 0.2) is 78.4 Å². The maximum atomic E-state index is 13.0. The molecule has 0 atom stereocenters. The first-order chi connectivity index (χ1) is 17.4. The summed E-state index contributed by atoms with van der Waals surface area (Å²) in [6, 6.07) is 24.0. The highest BCUT2D eigenvalue weighted by molar-refractivity contribution is 7.19. The molecule has 6 rings (SSSR count). The predicted molar refractivity (Wildman–Crippen MR) is 147 cm³/mol. The van der Waals surface area contributed by atoms with E-state index in [1.165, 1.54) is 16.9 Å². The molecule has 0 saturated heterocycles. The standard InChI is InChI=1S/C30H21ClN2O2S/c1-3-17-13-22-23(16-25(17)31)28(35)24(27(22)34)14-21-15-26-30(36-21)32-29(33(26)2)20-11-9-19(10-12-20)18-7-5-4-6-8-18/h4-16H,3H2,1-2H3/b24-14-. The second kappa shape index (κ2) is 8.70. The molecule has 0 spiro atoms. The fraction of sp³-hybridized carbons (Fsp3) is 0.100. The van der Waals surface area contributed by atoms with Gasteiger partial charge < -0.3 is 4.57 Å². The van der Waals surface area contributed by atoms with Gasteiger partial charge in [-0.25, -0.2) is 4.98 Å². The van der Waals surface area contributed by atoms with E-state index in [-0.39, 0.29) is 17.1 Å². The first-order valence-electron chi connectivity index (χ1n) is 11.7. The van der Waals surface area contributed by atoms with Crippen LogP contribution < -0.4 is 0 Å². The van der Waals surface area contributed by atoms with Crippen LogP contribution in [0.2, 0.25) is 5.02 Å². The first kappa shape index (κ1) is 22.7. The van der Waals surface area contributed by atoms with Gasteiger partial charge in [0.05, 0.1) is 11.1 Å². The minimum Gasteiger partial charge on any atom is -0.326 e. The summed E-state index contributed by atoms with van der Waals surface area (Å²) in [6.45, 7) is 1.97. The van der Waals surface area contributed by atoms with Gasteiger partial charge in [-0.2, -0.15) is 0 Å². The lowest BCUT2D eigenvalue weighted by molar-refractivity contribution is 0.0990. The van der Waals surface area contributed by atoms with Crippen LogP contribution in [0.1, 0.15) is 38.1 Å². The quantitative estimate of drug-likeness (QED) is 0.185. The molecule has 5 aromatic rings. The third-order valence-electron chi connectivity index (χ3n) is 6.68. The normalized spacial score (nSPS) is 14.2. The van der Waals surface area contributed by atoms with Crippen molar-refractivity contribution in [1.82, 2.24) is 9.55 Å². The number of nitrogens with zero attached hydrogens (tertiary/aromatic N) is 2. The molecular weight excluding hydrogens is 488 g/mol. The van der Waals surface area contributed by atoms with Gasteiger partial charge in [-0.05, 0) is 47.4 Å². The SMILES string of the molecule is CCc1cc2c(cc1Cl)C(=O)/C(=C\c1cc3c(nc(-c4ccc(-c5ccccc5)cc4)n3C)s1)C2=O. The Balaban J connectivity index is 1.32. The zero-order valence-corrected chi connectivity index (χ0v) is 21.3. The van der Waals surface area contributed by atoms with E-state index < -0.39 is 0 Å². The van der Waals surface area contributed by atoms with E-state index in [2.05, 4.69) is 36.4 Å². The van der Waals surface area contributed by atoms with Crippen molar-refractivity contribution in [3.05, 3.63) is 105 Å². The van der Waals surface area contributed by atoms with Crippen molar-refractivity contribution in [2.45, 2.75) is 13.3 Å². The van der Waals surface area contributed by atoms with Crippen molar-refractivity contribution in [3.63, 3.8) is 0 Å². The molecule has 2 aromatic heterocycles. The largest absolute Gasteiger partial charge is 0.326 e. The lowest BCUT2D eigenvalue weighted by atomic mass is 10.0. The molecule has 0 saturated carbocycles. The highest BCUT2D eigenvalue weighted by Crippen LogP contribution is 2.36. The zero-order chi connectivity index (χ0) is 25.0. The number of halogens is 1. The molecule has 1 aliphatic carbocycles. The number of aromatic nitrogens is 2. The van der Waals surface area contributed by atoms with Crippen molar-refractivity contribution >= 4 is 50.9 Å². The van der Waals surface area contributed by atoms with Crippen molar-refractivity contribution in [2.75, 3.05) is 0 Å². The Morgan fingerprint density at radius 3 is 2.19 bits per heavy atom. The Bertz CT molecular complexity index is 1710. The fourth-order valence-corrected chi connectivity index (χ4v) is 6.00. The van der Waals surface area contributed by atoms with Crippen LogP contribution in [-0.2, 0) is 13.5 Å². The second-order valence-corrected chi connectivity index (χ2v) is 10.3. The highest BCUT2D eigenvalue weighted by Gasteiger charge is 2.34. The molecule has 1 aliphatic rings. The van der Waals surface area contributed by atoms with Crippen molar-refractivity contribution < 1.29 is 9.59 Å². The van der Waals surface area contributed by atoms with Gasteiger partial charge in [0, 0.05) is 33.6 Å². The predicted octanol–water partition coefficient (Wildman–Crippen LogP) is 7.65.